The number of aliphatic hydroxyl groups is 1. The highest BCUT2D eigenvalue weighted by Crippen LogP contribution is 2.45. The van der Waals surface area contributed by atoms with Crippen molar-refractivity contribution in [3.8, 4) is 0 Å². The molecule has 7 heteroatoms. The average molecular weight is 472 g/mol. The summed E-state index contributed by atoms with van der Waals surface area (Å²) in [5.41, 5.74) is 2.01. The Hall–Kier alpha value is -2.48. The van der Waals surface area contributed by atoms with E-state index in [2.05, 4.69) is 15.9 Å². The number of nitrogens with zero attached hydrogens (tertiary/aromatic N) is 1. The molecule has 0 radical (unpaired) electrons. The van der Waals surface area contributed by atoms with Gasteiger partial charge in [0, 0.05) is 10.0 Å². The maximum absolute atomic E-state index is 13.5. The van der Waals surface area contributed by atoms with Crippen molar-refractivity contribution in [2.75, 3.05) is 4.31 Å². The lowest BCUT2D eigenvalue weighted by molar-refractivity contribution is -0.122. The SMILES string of the molecule is Cc1ccc(S(=O)(=O)N2C(=O)[C@H](c3ccccc3)[C@H](O)c3cc(Br)ccc32)cc1. The van der Waals surface area contributed by atoms with Crippen molar-refractivity contribution < 1.29 is 18.3 Å². The lowest BCUT2D eigenvalue weighted by Crippen LogP contribution is -2.45. The van der Waals surface area contributed by atoms with Gasteiger partial charge >= 0.3 is 0 Å². The normalized spacial score (nSPS) is 19.1. The predicted molar refractivity (Wildman–Crippen MR) is 114 cm³/mol. The Balaban J connectivity index is 1.94. The van der Waals surface area contributed by atoms with Crippen molar-refractivity contribution in [1.82, 2.24) is 0 Å². The quantitative estimate of drug-likeness (QED) is 0.617. The Morgan fingerprint density at radius 1 is 0.966 bits per heavy atom. The predicted octanol–water partition coefficient (Wildman–Crippen LogP) is 4.31. The highest BCUT2D eigenvalue weighted by Gasteiger charge is 2.45. The molecule has 3 aromatic carbocycles. The van der Waals surface area contributed by atoms with Crippen molar-refractivity contribution in [1.29, 1.82) is 0 Å². The van der Waals surface area contributed by atoms with Crippen LogP contribution in [0.1, 0.15) is 28.7 Å². The van der Waals surface area contributed by atoms with Crippen LogP contribution in [-0.2, 0) is 14.8 Å². The molecule has 148 valence electrons. The number of sulfonamides is 1. The summed E-state index contributed by atoms with van der Waals surface area (Å²) in [6.07, 6.45) is -1.16. The van der Waals surface area contributed by atoms with Crippen LogP contribution in [0.2, 0.25) is 0 Å². The monoisotopic (exact) mass is 471 g/mol. The maximum atomic E-state index is 13.5. The van der Waals surface area contributed by atoms with Crippen LogP contribution < -0.4 is 4.31 Å². The summed E-state index contributed by atoms with van der Waals surface area (Å²) >= 11 is 3.37. The molecule has 0 aromatic heterocycles. The first kappa shape index (κ1) is 19.8. The number of aliphatic hydroxyl groups excluding tert-OH is 1. The number of anilines is 1. The van der Waals surface area contributed by atoms with Gasteiger partial charge in [0.1, 0.15) is 0 Å². The van der Waals surface area contributed by atoms with E-state index in [1.807, 2.05) is 6.92 Å². The number of carbonyl (C=O) groups is 1. The lowest BCUT2D eigenvalue weighted by Gasteiger charge is -2.36. The molecular weight excluding hydrogens is 454 g/mol. The van der Waals surface area contributed by atoms with Gasteiger partial charge in [0.25, 0.3) is 15.9 Å². The number of aryl methyl sites for hydroxylation is 1. The van der Waals surface area contributed by atoms with E-state index < -0.39 is 28.0 Å². The van der Waals surface area contributed by atoms with Gasteiger partial charge in [0.2, 0.25) is 0 Å². The van der Waals surface area contributed by atoms with Gasteiger partial charge in [-0.2, -0.15) is 0 Å². The molecule has 4 rings (SSSR count). The van der Waals surface area contributed by atoms with Crippen LogP contribution in [0.15, 0.2) is 82.2 Å². The minimum atomic E-state index is -4.16. The lowest BCUT2D eigenvalue weighted by atomic mass is 9.85. The van der Waals surface area contributed by atoms with E-state index in [-0.39, 0.29) is 10.6 Å². The zero-order valence-corrected chi connectivity index (χ0v) is 17.9. The summed E-state index contributed by atoms with van der Waals surface area (Å²) in [5.74, 6) is -1.71. The molecule has 0 saturated heterocycles. The van der Waals surface area contributed by atoms with E-state index in [4.69, 9.17) is 0 Å². The Labute approximate surface area is 177 Å². The molecule has 0 saturated carbocycles. The fraction of sp³-hybridized carbons (Fsp3) is 0.136. The number of benzene rings is 3. The van der Waals surface area contributed by atoms with Crippen LogP contribution in [0.3, 0.4) is 0 Å². The largest absolute Gasteiger partial charge is 0.387 e. The van der Waals surface area contributed by atoms with Gasteiger partial charge in [0.15, 0.2) is 0 Å². The third-order valence-corrected chi connectivity index (χ3v) is 7.25. The van der Waals surface area contributed by atoms with Gasteiger partial charge in [0.05, 0.1) is 22.6 Å². The van der Waals surface area contributed by atoms with Gasteiger partial charge in [-0.1, -0.05) is 64.0 Å². The highest BCUT2D eigenvalue weighted by molar-refractivity contribution is 9.10. The molecule has 1 aliphatic heterocycles. The third kappa shape index (κ3) is 3.39. The molecule has 0 bridgehead atoms. The zero-order chi connectivity index (χ0) is 20.8. The van der Waals surface area contributed by atoms with Gasteiger partial charge in [-0.15, -0.1) is 0 Å². The fourth-order valence-corrected chi connectivity index (χ4v) is 5.40. The second-order valence-electron chi connectivity index (χ2n) is 6.96. The van der Waals surface area contributed by atoms with Crippen LogP contribution >= 0.6 is 15.9 Å². The first-order valence-corrected chi connectivity index (χ1v) is 11.2. The van der Waals surface area contributed by atoms with Crippen LogP contribution in [0.5, 0.6) is 0 Å². The fourth-order valence-electron chi connectivity index (χ4n) is 3.56. The second-order valence-corrected chi connectivity index (χ2v) is 9.66. The number of fused-ring (bicyclic) bond motifs is 1. The van der Waals surface area contributed by atoms with Crippen molar-refractivity contribution in [3.63, 3.8) is 0 Å². The van der Waals surface area contributed by atoms with E-state index in [1.54, 1.807) is 54.6 Å². The van der Waals surface area contributed by atoms with E-state index in [1.165, 1.54) is 18.2 Å². The van der Waals surface area contributed by atoms with E-state index >= 15 is 0 Å². The van der Waals surface area contributed by atoms with Gasteiger partial charge in [-0.3, -0.25) is 4.79 Å². The number of amides is 1. The van der Waals surface area contributed by atoms with Crippen LogP contribution in [0.25, 0.3) is 0 Å². The topological polar surface area (TPSA) is 74.7 Å². The average Bonchev–Trinajstić information content (AvgIpc) is 2.70. The summed E-state index contributed by atoms with van der Waals surface area (Å²) in [4.78, 5) is 13.5. The molecule has 0 spiro atoms. The van der Waals surface area contributed by atoms with Crippen molar-refractivity contribution in [3.05, 3.63) is 94.0 Å². The number of rotatable bonds is 3. The second kappa shape index (κ2) is 7.40. The molecule has 0 unspecified atom stereocenters. The van der Waals surface area contributed by atoms with Crippen LogP contribution in [0.4, 0.5) is 5.69 Å². The standard InChI is InChI=1S/C22H18BrNO4S/c1-14-7-10-17(11-8-14)29(27,28)24-19-12-9-16(23)13-18(19)21(25)20(22(24)26)15-5-3-2-4-6-15/h2-13,20-21,25H,1H3/t20-,21-/m1/s1. The molecule has 29 heavy (non-hydrogen) atoms. The van der Waals surface area contributed by atoms with Gasteiger partial charge in [-0.25, -0.2) is 12.7 Å². The Bertz CT molecular complexity index is 1180. The molecule has 3 aromatic rings. The summed E-state index contributed by atoms with van der Waals surface area (Å²) in [6, 6.07) is 19.9. The molecule has 5 nitrogen and oxygen atoms in total. The third-order valence-electron chi connectivity index (χ3n) is 5.03. The Morgan fingerprint density at radius 2 is 1.62 bits per heavy atom. The maximum Gasteiger partial charge on any atom is 0.270 e. The Morgan fingerprint density at radius 3 is 2.28 bits per heavy atom. The minimum Gasteiger partial charge on any atom is -0.387 e. The first-order valence-electron chi connectivity index (χ1n) is 8.99. The van der Waals surface area contributed by atoms with Gasteiger partial charge in [-0.05, 0) is 42.8 Å². The molecule has 0 aliphatic carbocycles. The molecule has 1 amide bonds. The first-order chi connectivity index (χ1) is 13.8. The molecule has 1 aliphatic rings. The summed E-state index contributed by atoms with van der Waals surface area (Å²) in [6.45, 7) is 1.86. The van der Waals surface area contributed by atoms with Crippen LogP contribution in [0, 0.1) is 6.92 Å². The number of halogens is 1. The number of carbonyl (C=O) groups excluding carboxylic acids is 1. The Kier molecular flexibility index (Phi) is 5.06. The highest BCUT2D eigenvalue weighted by atomic mass is 79.9. The molecule has 0 fully saturated rings. The van der Waals surface area contributed by atoms with Crippen molar-refractivity contribution >= 4 is 37.5 Å². The smallest absolute Gasteiger partial charge is 0.270 e. The van der Waals surface area contributed by atoms with E-state index in [9.17, 15) is 18.3 Å². The summed E-state index contributed by atoms with van der Waals surface area (Å²) in [7, 11) is -4.16. The molecule has 1 heterocycles. The number of hydrogen-bond donors (Lipinski definition) is 1. The van der Waals surface area contributed by atoms with Crippen molar-refractivity contribution in [2.45, 2.75) is 23.8 Å². The number of hydrogen-bond acceptors (Lipinski definition) is 4. The molecule has 1 N–H and O–H groups in total. The van der Waals surface area contributed by atoms with E-state index in [0.717, 1.165) is 9.87 Å². The zero-order valence-electron chi connectivity index (χ0n) is 15.5. The van der Waals surface area contributed by atoms with E-state index in [0.29, 0.717) is 15.6 Å². The molecular formula is C22H18BrNO4S. The van der Waals surface area contributed by atoms with Gasteiger partial charge < -0.3 is 5.11 Å². The molecule has 2 atom stereocenters. The summed E-state index contributed by atoms with van der Waals surface area (Å²) in [5, 5.41) is 11.0. The summed E-state index contributed by atoms with van der Waals surface area (Å²) < 4.78 is 28.4. The van der Waals surface area contributed by atoms with Crippen LogP contribution in [-0.4, -0.2) is 19.4 Å². The van der Waals surface area contributed by atoms with Crippen molar-refractivity contribution in [2.24, 2.45) is 0 Å². The minimum absolute atomic E-state index is 0.0218.